The summed E-state index contributed by atoms with van der Waals surface area (Å²) in [7, 11) is 3.20. The minimum atomic E-state index is -0.278. The molecule has 0 fully saturated rings. The summed E-state index contributed by atoms with van der Waals surface area (Å²) in [5.74, 6) is -0.556. The van der Waals surface area contributed by atoms with E-state index < -0.39 is 0 Å². The van der Waals surface area contributed by atoms with Crippen LogP contribution in [0.5, 0.6) is 0 Å². The van der Waals surface area contributed by atoms with Gasteiger partial charge in [-0.3, -0.25) is 0 Å². The predicted octanol–water partition coefficient (Wildman–Crippen LogP) is 1.47. The Bertz CT molecular complexity index is 585. The van der Waals surface area contributed by atoms with Crippen LogP contribution < -0.4 is 10.2 Å². The van der Waals surface area contributed by atoms with Crippen molar-refractivity contribution in [3.8, 4) is 0 Å². The molecule has 0 aromatic carbocycles. The number of methoxy groups -OCH3 is 2. The molecule has 2 aliphatic rings. The first-order valence-electron chi connectivity index (χ1n) is 8.40. The van der Waals surface area contributed by atoms with Gasteiger partial charge in [0.15, 0.2) is 0 Å². The Morgan fingerprint density at radius 1 is 0.778 bits per heavy atom. The SMILES string of the molecule is CCOC([O-])=C1C=CC=C1COC.CCOC([O-])=C1C=CC=C1COC.[Fe+2]. The van der Waals surface area contributed by atoms with E-state index in [1.165, 1.54) is 0 Å². The summed E-state index contributed by atoms with van der Waals surface area (Å²) in [4.78, 5) is 0. The Hall–Kier alpha value is -1.92. The molecule has 0 radical (unpaired) electrons. The molecule has 0 heterocycles. The molecule has 0 aliphatic heterocycles. The van der Waals surface area contributed by atoms with Crippen molar-refractivity contribution in [1.29, 1.82) is 0 Å². The van der Waals surface area contributed by atoms with Crippen molar-refractivity contribution in [3.63, 3.8) is 0 Å². The average Bonchev–Trinajstić information content (AvgIpc) is 3.26. The molecule has 0 unspecified atom stereocenters. The molecule has 7 heteroatoms. The number of ether oxygens (including phenoxy) is 4. The molecular formula is C20H26FeO6. The zero-order valence-electron chi connectivity index (χ0n) is 16.1. The second kappa shape index (κ2) is 14.2. The summed E-state index contributed by atoms with van der Waals surface area (Å²) in [5, 5.41) is 22.6. The summed E-state index contributed by atoms with van der Waals surface area (Å²) in [5.41, 5.74) is 2.95. The molecule has 0 aromatic heterocycles. The number of hydrogen-bond donors (Lipinski definition) is 0. The first-order valence-corrected chi connectivity index (χ1v) is 8.40. The van der Waals surface area contributed by atoms with Crippen LogP contribution in [-0.4, -0.2) is 40.6 Å². The van der Waals surface area contributed by atoms with Gasteiger partial charge in [-0.1, -0.05) is 50.3 Å². The van der Waals surface area contributed by atoms with Gasteiger partial charge in [-0.25, -0.2) is 0 Å². The normalized spacial score (nSPS) is 18.1. The van der Waals surface area contributed by atoms with E-state index in [1.807, 2.05) is 24.3 Å². The van der Waals surface area contributed by atoms with Crippen LogP contribution in [0.4, 0.5) is 0 Å². The molecule has 0 atom stereocenters. The topological polar surface area (TPSA) is 83.0 Å². The third-order valence-electron chi connectivity index (χ3n) is 3.40. The van der Waals surface area contributed by atoms with Gasteiger partial charge in [0, 0.05) is 25.4 Å². The van der Waals surface area contributed by atoms with Crippen molar-refractivity contribution in [3.05, 3.63) is 70.6 Å². The van der Waals surface area contributed by atoms with Gasteiger partial charge in [0.1, 0.15) is 0 Å². The number of hydrogen-bond acceptors (Lipinski definition) is 6. The second-order valence-corrected chi connectivity index (χ2v) is 5.24. The molecule has 150 valence electrons. The van der Waals surface area contributed by atoms with Gasteiger partial charge in [0.25, 0.3) is 0 Å². The van der Waals surface area contributed by atoms with Crippen molar-refractivity contribution >= 4 is 0 Å². The van der Waals surface area contributed by atoms with Gasteiger partial charge >= 0.3 is 17.1 Å². The van der Waals surface area contributed by atoms with Crippen molar-refractivity contribution in [2.45, 2.75) is 13.8 Å². The first kappa shape index (κ1) is 25.1. The molecule has 0 amide bonds. The maximum atomic E-state index is 11.3. The minimum Gasteiger partial charge on any atom is -0.613 e. The van der Waals surface area contributed by atoms with Crippen LogP contribution in [0.2, 0.25) is 0 Å². The molecule has 0 aromatic rings. The number of allylic oxidation sites excluding steroid dienone is 6. The molecule has 0 saturated carbocycles. The summed E-state index contributed by atoms with van der Waals surface area (Å²) in [6.07, 6.45) is 10.8. The third-order valence-corrected chi connectivity index (χ3v) is 3.40. The van der Waals surface area contributed by atoms with Crippen LogP contribution in [0, 0.1) is 0 Å². The van der Waals surface area contributed by atoms with Gasteiger partial charge in [0.05, 0.1) is 25.1 Å². The summed E-state index contributed by atoms with van der Waals surface area (Å²) in [6, 6.07) is 0. The zero-order chi connectivity index (χ0) is 19.4. The van der Waals surface area contributed by atoms with E-state index in [9.17, 15) is 10.2 Å². The fraction of sp³-hybridized carbons (Fsp3) is 0.400. The van der Waals surface area contributed by atoms with Crippen LogP contribution in [0.1, 0.15) is 13.8 Å². The molecule has 0 bridgehead atoms. The van der Waals surface area contributed by atoms with Gasteiger partial charge in [-0.2, -0.15) is 0 Å². The molecule has 0 spiro atoms. The van der Waals surface area contributed by atoms with Crippen LogP contribution >= 0.6 is 0 Å². The van der Waals surface area contributed by atoms with E-state index in [4.69, 9.17) is 18.9 Å². The third kappa shape index (κ3) is 8.10. The van der Waals surface area contributed by atoms with Crippen molar-refractivity contribution in [1.82, 2.24) is 0 Å². The van der Waals surface area contributed by atoms with Crippen molar-refractivity contribution in [2.75, 3.05) is 40.6 Å². The zero-order valence-corrected chi connectivity index (χ0v) is 17.2. The summed E-state index contributed by atoms with van der Waals surface area (Å²) < 4.78 is 19.7. The fourth-order valence-corrected chi connectivity index (χ4v) is 2.29. The van der Waals surface area contributed by atoms with Crippen LogP contribution in [0.25, 0.3) is 0 Å². The molecule has 0 N–H and O–H groups in total. The maximum absolute atomic E-state index is 11.3. The average molecular weight is 418 g/mol. The monoisotopic (exact) mass is 418 g/mol. The number of rotatable bonds is 8. The van der Waals surface area contributed by atoms with E-state index in [0.29, 0.717) is 37.6 Å². The second-order valence-electron chi connectivity index (χ2n) is 5.24. The maximum Gasteiger partial charge on any atom is 2.00 e. The molecule has 27 heavy (non-hydrogen) atoms. The Kier molecular flexibility index (Phi) is 13.2. The van der Waals surface area contributed by atoms with E-state index in [0.717, 1.165) is 11.1 Å². The summed E-state index contributed by atoms with van der Waals surface area (Å²) in [6.45, 7) is 5.27. The van der Waals surface area contributed by atoms with Crippen LogP contribution in [0.15, 0.2) is 70.6 Å². The van der Waals surface area contributed by atoms with E-state index in [1.54, 1.807) is 40.2 Å². The quantitative estimate of drug-likeness (QED) is 0.439. The Balaban J connectivity index is 0.000000483. The summed E-state index contributed by atoms with van der Waals surface area (Å²) >= 11 is 0. The van der Waals surface area contributed by atoms with Gasteiger partial charge in [-0.15, -0.1) is 0 Å². The molecule has 2 aliphatic carbocycles. The van der Waals surface area contributed by atoms with Crippen LogP contribution in [-0.2, 0) is 36.0 Å². The van der Waals surface area contributed by atoms with Gasteiger partial charge in [0.2, 0.25) is 0 Å². The molecule has 2 rings (SSSR count). The largest absolute Gasteiger partial charge is 2.00 e. The molecular weight excluding hydrogens is 392 g/mol. The van der Waals surface area contributed by atoms with Crippen LogP contribution in [0.3, 0.4) is 0 Å². The Morgan fingerprint density at radius 3 is 1.44 bits per heavy atom. The standard InChI is InChI=1S/2C10H14O3.Fe/c2*1-3-13-10(11)9-6-4-5-8(9)7-12-2;/h2*4-6,11H,3,7H2,1-2H3;/q;;+2/p-2. The predicted molar refractivity (Wildman–Crippen MR) is 95.5 cm³/mol. The van der Waals surface area contributed by atoms with E-state index in [2.05, 4.69) is 0 Å². The molecule has 0 saturated heterocycles. The minimum absolute atomic E-state index is 0. The van der Waals surface area contributed by atoms with Crippen molar-refractivity contribution in [2.24, 2.45) is 0 Å². The first-order chi connectivity index (χ1) is 12.6. The fourth-order valence-electron chi connectivity index (χ4n) is 2.29. The molecule has 6 nitrogen and oxygen atoms in total. The Morgan fingerprint density at radius 2 is 1.15 bits per heavy atom. The Labute approximate surface area is 171 Å². The van der Waals surface area contributed by atoms with E-state index in [-0.39, 0.29) is 29.0 Å². The van der Waals surface area contributed by atoms with Crippen molar-refractivity contribution < 1.29 is 46.2 Å². The van der Waals surface area contributed by atoms with Gasteiger partial charge < -0.3 is 29.2 Å². The van der Waals surface area contributed by atoms with Gasteiger partial charge in [-0.05, 0) is 24.4 Å². The van der Waals surface area contributed by atoms with E-state index >= 15 is 0 Å². The smallest absolute Gasteiger partial charge is 0.613 e.